The van der Waals surface area contributed by atoms with Gasteiger partial charge in [-0.15, -0.1) is 11.3 Å². The minimum Gasteiger partial charge on any atom is -0.399 e. The molecule has 3 N–H and O–H groups in total. The molecule has 0 aliphatic rings. The summed E-state index contributed by atoms with van der Waals surface area (Å²) < 4.78 is 0. The smallest absolute Gasteiger partial charge is 0.127 e. The lowest BCUT2D eigenvalue weighted by molar-refractivity contribution is 0.988. The quantitative estimate of drug-likeness (QED) is 0.824. The molecule has 0 amide bonds. The first-order chi connectivity index (χ1) is 7.34. The van der Waals surface area contributed by atoms with Crippen molar-refractivity contribution >= 4 is 22.8 Å². The van der Waals surface area contributed by atoms with Crippen molar-refractivity contribution in [3.63, 3.8) is 0 Å². The Labute approximate surface area is 92.2 Å². The second kappa shape index (κ2) is 4.75. The minimum atomic E-state index is 0.724. The number of nitrogen functional groups attached to an aromatic ring is 1. The van der Waals surface area contributed by atoms with E-state index in [9.17, 15) is 0 Å². The lowest BCUT2D eigenvalue weighted by Crippen LogP contribution is -2.06. The third-order valence-electron chi connectivity index (χ3n) is 1.91. The largest absolute Gasteiger partial charge is 0.399 e. The number of hydrogen-bond donors (Lipinski definition) is 2. The van der Waals surface area contributed by atoms with E-state index in [1.807, 2.05) is 17.6 Å². The molecule has 0 aliphatic heterocycles. The molecular formula is C10H12N4S. The summed E-state index contributed by atoms with van der Waals surface area (Å²) in [4.78, 5) is 8.35. The zero-order chi connectivity index (χ0) is 10.5. The number of aromatic nitrogens is 2. The van der Waals surface area contributed by atoms with Crippen LogP contribution in [0.4, 0.5) is 11.5 Å². The Balaban J connectivity index is 1.83. The molecule has 0 unspecified atom stereocenters. The molecular weight excluding hydrogens is 208 g/mol. The Morgan fingerprint density at radius 3 is 3.00 bits per heavy atom. The van der Waals surface area contributed by atoms with Gasteiger partial charge in [-0.3, -0.25) is 0 Å². The standard InChI is InChI=1S/C10H12N4S/c11-8-1-3-12-9(7-8)13-4-2-10-14-5-6-15-10/h1,3,5-7H,2,4H2,(H3,11,12,13). The topological polar surface area (TPSA) is 63.8 Å². The molecule has 4 nitrogen and oxygen atoms in total. The Hall–Kier alpha value is -1.62. The van der Waals surface area contributed by atoms with E-state index in [-0.39, 0.29) is 0 Å². The van der Waals surface area contributed by atoms with Gasteiger partial charge in [0.1, 0.15) is 5.82 Å². The second-order valence-corrected chi connectivity index (χ2v) is 4.06. The Bertz CT molecular complexity index is 413. The average Bonchev–Trinajstić information content (AvgIpc) is 2.71. The van der Waals surface area contributed by atoms with Gasteiger partial charge in [-0.05, 0) is 6.07 Å². The highest BCUT2D eigenvalue weighted by Gasteiger charge is 1.96. The number of nitrogens with zero attached hydrogens (tertiary/aromatic N) is 2. The molecule has 0 aliphatic carbocycles. The van der Waals surface area contributed by atoms with E-state index in [0.717, 1.165) is 29.5 Å². The predicted molar refractivity (Wildman–Crippen MR) is 63.0 cm³/mol. The summed E-state index contributed by atoms with van der Waals surface area (Å²) in [6.45, 7) is 0.823. The summed E-state index contributed by atoms with van der Waals surface area (Å²) in [6.07, 6.45) is 4.42. The normalized spacial score (nSPS) is 10.1. The van der Waals surface area contributed by atoms with Crippen molar-refractivity contribution in [2.24, 2.45) is 0 Å². The number of anilines is 2. The van der Waals surface area contributed by atoms with Crippen LogP contribution < -0.4 is 11.1 Å². The van der Waals surface area contributed by atoms with Crippen LogP contribution in [0.1, 0.15) is 5.01 Å². The minimum absolute atomic E-state index is 0.724. The fraction of sp³-hybridized carbons (Fsp3) is 0.200. The van der Waals surface area contributed by atoms with Crippen molar-refractivity contribution in [1.29, 1.82) is 0 Å². The maximum absolute atomic E-state index is 5.63. The van der Waals surface area contributed by atoms with Gasteiger partial charge in [0.2, 0.25) is 0 Å². The number of pyridine rings is 1. The molecule has 5 heteroatoms. The third-order valence-corrected chi connectivity index (χ3v) is 2.75. The maximum atomic E-state index is 5.63. The van der Waals surface area contributed by atoms with Crippen LogP contribution in [0.5, 0.6) is 0 Å². The van der Waals surface area contributed by atoms with E-state index < -0.39 is 0 Å². The zero-order valence-corrected chi connectivity index (χ0v) is 9.00. The molecule has 78 valence electrons. The van der Waals surface area contributed by atoms with Gasteiger partial charge in [0.15, 0.2) is 0 Å². The molecule has 0 saturated heterocycles. The average molecular weight is 220 g/mol. The molecule has 0 saturated carbocycles. The first-order valence-corrected chi connectivity index (χ1v) is 5.56. The van der Waals surface area contributed by atoms with Crippen molar-refractivity contribution < 1.29 is 0 Å². The highest BCUT2D eigenvalue weighted by Crippen LogP contribution is 2.09. The summed E-state index contributed by atoms with van der Waals surface area (Å²) in [5.74, 6) is 0.812. The molecule has 0 spiro atoms. The van der Waals surface area contributed by atoms with E-state index in [2.05, 4.69) is 15.3 Å². The molecule has 0 bridgehead atoms. The lowest BCUT2D eigenvalue weighted by atomic mass is 10.4. The van der Waals surface area contributed by atoms with Gasteiger partial charge >= 0.3 is 0 Å². The summed E-state index contributed by atoms with van der Waals surface area (Å²) in [5.41, 5.74) is 6.36. The highest BCUT2D eigenvalue weighted by molar-refractivity contribution is 7.09. The van der Waals surface area contributed by atoms with Crippen molar-refractivity contribution in [2.75, 3.05) is 17.6 Å². The van der Waals surface area contributed by atoms with Crippen molar-refractivity contribution in [3.8, 4) is 0 Å². The van der Waals surface area contributed by atoms with Gasteiger partial charge in [-0.25, -0.2) is 9.97 Å². The SMILES string of the molecule is Nc1ccnc(NCCc2nccs2)c1. The van der Waals surface area contributed by atoms with E-state index in [1.165, 1.54) is 0 Å². The van der Waals surface area contributed by atoms with Crippen LogP contribution in [0.2, 0.25) is 0 Å². The lowest BCUT2D eigenvalue weighted by Gasteiger charge is -2.04. The molecule has 2 aromatic heterocycles. The van der Waals surface area contributed by atoms with Crippen LogP contribution in [-0.4, -0.2) is 16.5 Å². The van der Waals surface area contributed by atoms with Crippen LogP contribution in [0.25, 0.3) is 0 Å². The summed E-state index contributed by atoms with van der Waals surface area (Å²) >= 11 is 1.67. The van der Waals surface area contributed by atoms with Crippen molar-refractivity contribution in [2.45, 2.75) is 6.42 Å². The number of hydrogen-bond acceptors (Lipinski definition) is 5. The summed E-state index contributed by atoms with van der Waals surface area (Å²) in [6, 6.07) is 3.59. The first-order valence-electron chi connectivity index (χ1n) is 4.68. The number of thiazole rings is 1. The maximum Gasteiger partial charge on any atom is 0.127 e. The Morgan fingerprint density at radius 2 is 2.27 bits per heavy atom. The summed E-state index contributed by atoms with van der Waals surface area (Å²) in [5, 5.41) is 6.31. The predicted octanol–water partition coefficient (Wildman–Crippen LogP) is 1.77. The first kappa shape index (κ1) is 9.92. The van der Waals surface area contributed by atoms with Crippen LogP contribution >= 0.6 is 11.3 Å². The van der Waals surface area contributed by atoms with E-state index in [1.54, 1.807) is 23.6 Å². The zero-order valence-electron chi connectivity index (χ0n) is 8.18. The number of nitrogens with two attached hydrogens (primary N) is 1. The van der Waals surface area contributed by atoms with Gasteiger partial charge in [0.25, 0.3) is 0 Å². The van der Waals surface area contributed by atoms with Crippen LogP contribution in [0, 0.1) is 0 Å². The van der Waals surface area contributed by atoms with E-state index in [0.29, 0.717) is 0 Å². The third kappa shape index (κ3) is 2.92. The van der Waals surface area contributed by atoms with Crippen molar-refractivity contribution in [3.05, 3.63) is 34.9 Å². The fourth-order valence-corrected chi connectivity index (χ4v) is 1.84. The van der Waals surface area contributed by atoms with Crippen LogP contribution in [-0.2, 0) is 6.42 Å². The van der Waals surface area contributed by atoms with E-state index in [4.69, 9.17) is 5.73 Å². The van der Waals surface area contributed by atoms with Crippen LogP contribution in [0.15, 0.2) is 29.9 Å². The van der Waals surface area contributed by atoms with Gasteiger partial charge in [-0.1, -0.05) is 0 Å². The fourth-order valence-electron chi connectivity index (χ4n) is 1.22. The number of nitrogens with one attached hydrogen (secondary N) is 1. The van der Waals surface area contributed by atoms with Gasteiger partial charge in [-0.2, -0.15) is 0 Å². The molecule has 2 rings (SSSR count). The monoisotopic (exact) mass is 220 g/mol. The van der Waals surface area contributed by atoms with Gasteiger partial charge < -0.3 is 11.1 Å². The second-order valence-electron chi connectivity index (χ2n) is 3.08. The summed E-state index contributed by atoms with van der Waals surface area (Å²) in [7, 11) is 0. The molecule has 2 aromatic rings. The molecule has 0 aromatic carbocycles. The highest BCUT2D eigenvalue weighted by atomic mass is 32.1. The van der Waals surface area contributed by atoms with Gasteiger partial charge in [0, 0.05) is 42.5 Å². The molecule has 0 fully saturated rings. The molecule has 0 radical (unpaired) electrons. The number of rotatable bonds is 4. The van der Waals surface area contributed by atoms with Crippen LogP contribution in [0.3, 0.4) is 0 Å². The Kier molecular flexibility index (Phi) is 3.14. The molecule has 0 atom stereocenters. The van der Waals surface area contributed by atoms with E-state index >= 15 is 0 Å². The molecule has 15 heavy (non-hydrogen) atoms. The Morgan fingerprint density at radius 1 is 1.33 bits per heavy atom. The molecule has 2 heterocycles. The van der Waals surface area contributed by atoms with Crippen molar-refractivity contribution in [1.82, 2.24) is 9.97 Å². The van der Waals surface area contributed by atoms with Gasteiger partial charge in [0.05, 0.1) is 5.01 Å².